The van der Waals surface area contributed by atoms with Crippen molar-refractivity contribution in [3.8, 4) is 0 Å². The van der Waals surface area contributed by atoms with Gasteiger partial charge in [-0.05, 0) is 23.6 Å². The minimum Gasteiger partial charge on any atom is -0.158 e. The van der Waals surface area contributed by atoms with E-state index in [1.807, 2.05) is 24.3 Å². The molecule has 0 N–H and O–H groups in total. The van der Waals surface area contributed by atoms with Crippen LogP contribution in [0.1, 0.15) is 0 Å². The van der Waals surface area contributed by atoms with Gasteiger partial charge in [-0.3, -0.25) is 0 Å². The molecule has 0 amide bonds. The normalized spacial score (nSPS) is 10.9. The molecule has 1 heterocycles. The van der Waals surface area contributed by atoms with Crippen molar-refractivity contribution in [2.45, 2.75) is 0 Å². The minimum atomic E-state index is 0.946. The van der Waals surface area contributed by atoms with Gasteiger partial charge in [-0.1, -0.05) is 24.3 Å². The Hall–Kier alpha value is -1.96. The number of aromatic nitrogens is 2. The third-order valence-electron chi connectivity index (χ3n) is 2.35. The lowest BCUT2D eigenvalue weighted by Gasteiger charge is -2.00. The van der Waals surface area contributed by atoms with Gasteiger partial charge in [-0.25, -0.2) is 0 Å². The molecule has 0 bridgehead atoms. The van der Waals surface area contributed by atoms with E-state index in [-0.39, 0.29) is 0 Å². The monoisotopic (exact) mass is 179 g/mol. The Labute approximate surface area is 81.2 Å². The van der Waals surface area contributed by atoms with Crippen molar-refractivity contribution >= 4 is 21.7 Å². The Morgan fingerprint density at radius 3 is 2.93 bits per heavy atom. The van der Waals surface area contributed by atoms with Gasteiger partial charge in [0.1, 0.15) is 5.52 Å². The summed E-state index contributed by atoms with van der Waals surface area (Å²) < 4.78 is 0. The van der Waals surface area contributed by atoms with Crippen molar-refractivity contribution < 1.29 is 0 Å². The smallest absolute Gasteiger partial charge is 0.101 e. The van der Waals surface area contributed by atoms with Crippen LogP contribution in [0.2, 0.25) is 0 Å². The Kier molecular flexibility index (Phi) is 1.47. The van der Waals surface area contributed by atoms with Gasteiger partial charge < -0.3 is 0 Å². The van der Waals surface area contributed by atoms with Crippen molar-refractivity contribution in [3.05, 3.63) is 48.7 Å². The number of nitrogens with zero attached hydrogens (tertiary/aromatic N) is 2. The maximum absolute atomic E-state index is 4.14. The second-order valence-corrected chi connectivity index (χ2v) is 3.18. The van der Waals surface area contributed by atoms with Gasteiger partial charge in [0.2, 0.25) is 0 Å². The second-order valence-electron chi connectivity index (χ2n) is 3.18. The highest BCUT2D eigenvalue weighted by molar-refractivity contribution is 6.04. The molecule has 0 unspecified atom stereocenters. The molecule has 65 valence electrons. The number of rotatable bonds is 0. The molecule has 0 spiro atoms. The van der Waals surface area contributed by atoms with Crippen LogP contribution in [0, 0.1) is 6.07 Å². The quantitative estimate of drug-likeness (QED) is 0.496. The van der Waals surface area contributed by atoms with Gasteiger partial charge in [-0.2, -0.15) is 5.10 Å². The van der Waals surface area contributed by atoms with Crippen LogP contribution in [0.4, 0.5) is 0 Å². The van der Waals surface area contributed by atoms with Gasteiger partial charge in [0.25, 0.3) is 0 Å². The summed E-state index contributed by atoms with van der Waals surface area (Å²) in [5.41, 5.74) is 0.946. The Bertz CT molecular complexity index is 547. The summed E-state index contributed by atoms with van der Waals surface area (Å²) in [5.74, 6) is 0. The maximum atomic E-state index is 4.14. The summed E-state index contributed by atoms with van der Waals surface area (Å²) in [6.45, 7) is 0. The van der Waals surface area contributed by atoms with Crippen molar-refractivity contribution in [1.82, 2.24) is 10.2 Å². The topological polar surface area (TPSA) is 25.8 Å². The fraction of sp³-hybridized carbons (Fsp3) is 0. The first-order valence-corrected chi connectivity index (χ1v) is 4.45. The molecule has 1 radical (unpaired) electrons. The van der Waals surface area contributed by atoms with E-state index in [0.717, 1.165) is 16.3 Å². The summed E-state index contributed by atoms with van der Waals surface area (Å²) in [4.78, 5) is 0. The first kappa shape index (κ1) is 7.44. The van der Waals surface area contributed by atoms with E-state index < -0.39 is 0 Å². The van der Waals surface area contributed by atoms with Crippen molar-refractivity contribution in [1.29, 1.82) is 0 Å². The minimum absolute atomic E-state index is 0.946. The first-order valence-electron chi connectivity index (χ1n) is 4.45. The van der Waals surface area contributed by atoms with Crippen molar-refractivity contribution in [2.75, 3.05) is 0 Å². The molecular formula is C12H7N2. The molecule has 3 aromatic rings. The third kappa shape index (κ3) is 0.973. The van der Waals surface area contributed by atoms with Crippen LogP contribution < -0.4 is 0 Å². The highest BCUT2D eigenvalue weighted by Crippen LogP contribution is 2.21. The van der Waals surface area contributed by atoms with Crippen LogP contribution in [-0.4, -0.2) is 10.2 Å². The molecule has 0 saturated heterocycles. The number of fused-ring (bicyclic) bond motifs is 3. The molecule has 14 heavy (non-hydrogen) atoms. The predicted molar refractivity (Wildman–Crippen MR) is 55.9 cm³/mol. The molecule has 2 aromatic carbocycles. The van der Waals surface area contributed by atoms with Gasteiger partial charge in [0.15, 0.2) is 0 Å². The molecule has 2 heteroatoms. The van der Waals surface area contributed by atoms with Crippen LogP contribution in [0.15, 0.2) is 42.6 Å². The van der Waals surface area contributed by atoms with Gasteiger partial charge in [0, 0.05) is 10.8 Å². The molecule has 0 saturated carbocycles. The lowest BCUT2D eigenvalue weighted by atomic mass is 10.1. The Morgan fingerprint density at radius 1 is 1.00 bits per heavy atom. The van der Waals surface area contributed by atoms with E-state index in [0.29, 0.717) is 0 Å². The van der Waals surface area contributed by atoms with Crippen LogP contribution in [0.25, 0.3) is 21.7 Å². The fourth-order valence-electron chi connectivity index (χ4n) is 1.66. The van der Waals surface area contributed by atoms with Crippen LogP contribution >= 0.6 is 0 Å². The Morgan fingerprint density at radius 2 is 1.93 bits per heavy atom. The Balaban J connectivity index is 2.61. The number of hydrogen-bond acceptors (Lipinski definition) is 2. The number of benzene rings is 2. The number of hydrogen-bond donors (Lipinski definition) is 0. The summed E-state index contributed by atoms with van der Waals surface area (Å²) >= 11 is 0. The second kappa shape index (κ2) is 2.77. The summed E-state index contributed by atoms with van der Waals surface area (Å²) in [6, 6.07) is 15.1. The molecular weight excluding hydrogens is 172 g/mol. The maximum Gasteiger partial charge on any atom is 0.101 e. The van der Waals surface area contributed by atoms with Gasteiger partial charge >= 0.3 is 0 Å². The average Bonchev–Trinajstić information content (AvgIpc) is 2.29. The standard InChI is InChI=1S/C12H7N2/c1-2-4-11-9(3-1)5-6-10-7-8-13-14-12(10)11/h1,3-8H. The molecule has 3 rings (SSSR count). The lowest BCUT2D eigenvalue weighted by Crippen LogP contribution is -1.83. The molecule has 0 atom stereocenters. The molecule has 0 aliphatic carbocycles. The molecule has 2 nitrogen and oxygen atoms in total. The van der Waals surface area contributed by atoms with E-state index in [1.165, 1.54) is 5.39 Å². The van der Waals surface area contributed by atoms with E-state index in [2.05, 4.69) is 28.4 Å². The highest BCUT2D eigenvalue weighted by Gasteiger charge is 1.99. The molecule has 0 fully saturated rings. The summed E-state index contributed by atoms with van der Waals surface area (Å²) in [6.07, 6.45) is 1.71. The van der Waals surface area contributed by atoms with Crippen LogP contribution in [-0.2, 0) is 0 Å². The highest BCUT2D eigenvalue weighted by atomic mass is 15.1. The van der Waals surface area contributed by atoms with Crippen LogP contribution in [0.3, 0.4) is 0 Å². The molecule has 0 aliphatic rings. The van der Waals surface area contributed by atoms with Gasteiger partial charge in [0.05, 0.1) is 6.20 Å². The predicted octanol–water partition coefficient (Wildman–Crippen LogP) is 2.58. The molecule has 1 aromatic heterocycles. The zero-order valence-electron chi connectivity index (χ0n) is 7.44. The SMILES string of the molecule is [c]1ccc2ccc3ccnnc3c2c1. The average molecular weight is 179 g/mol. The van der Waals surface area contributed by atoms with E-state index in [1.54, 1.807) is 6.20 Å². The fourth-order valence-corrected chi connectivity index (χ4v) is 1.66. The van der Waals surface area contributed by atoms with Gasteiger partial charge in [-0.15, -0.1) is 5.10 Å². The largest absolute Gasteiger partial charge is 0.158 e. The van der Waals surface area contributed by atoms with E-state index >= 15 is 0 Å². The summed E-state index contributed by atoms with van der Waals surface area (Å²) in [5, 5.41) is 11.4. The lowest BCUT2D eigenvalue weighted by molar-refractivity contribution is 1.08. The zero-order valence-corrected chi connectivity index (χ0v) is 7.44. The molecule has 0 aliphatic heterocycles. The van der Waals surface area contributed by atoms with Crippen LogP contribution in [0.5, 0.6) is 0 Å². The first-order chi connectivity index (χ1) is 6.95. The van der Waals surface area contributed by atoms with Crippen molar-refractivity contribution in [3.63, 3.8) is 0 Å². The summed E-state index contributed by atoms with van der Waals surface area (Å²) in [7, 11) is 0. The zero-order chi connectivity index (χ0) is 9.38. The van der Waals surface area contributed by atoms with E-state index in [9.17, 15) is 0 Å². The third-order valence-corrected chi connectivity index (χ3v) is 2.35. The van der Waals surface area contributed by atoms with E-state index in [4.69, 9.17) is 0 Å². The van der Waals surface area contributed by atoms with Crippen molar-refractivity contribution in [2.24, 2.45) is 0 Å².